The number of nitrogens with one attached hydrogen (secondary N) is 1. The zero-order valence-electron chi connectivity index (χ0n) is 19.9. The molecule has 0 aliphatic carbocycles. The van der Waals surface area contributed by atoms with Crippen LogP contribution in [0.2, 0.25) is 5.02 Å². The second kappa shape index (κ2) is 11.2. The van der Waals surface area contributed by atoms with Crippen LogP contribution in [-0.4, -0.2) is 49.6 Å². The molecule has 9 heteroatoms. The van der Waals surface area contributed by atoms with Crippen LogP contribution in [0.15, 0.2) is 83.8 Å². The molecular weight excluding hydrogens is 498 g/mol. The Labute approximate surface area is 216 Å². The molecule has 1 heterocycles. The molecule has 1 fully saturated rings. The molecule has 7 nitrogen and oxygen atoms in total. The van der Waals surface area contributed by atoms with E-state index >= 15 is 0 Å². The molecule has 1 aliphatic rings. The van der Waals surface area contributed by atoms with Gasteiger partial charge in [0.1, 0.15) is 0 Å². The minimum Gasteiger partial charge on any atom is -0.339 e. The van der Waals surface area contributed by atoms with Gasteiger partial charge >= 0.3 is 0 Å². The zero-order chi connectivity index (χ0) is 25.7. The molecule has 4 rings (SSSR count). The van der Waals surface area contributed by atoms with Crippen LogP contribution in [-0.2, 0) is 21.4 Å². The van der Waals surface area contributed by atoms with E-state index in [9.17, 15) is 18.0 Å². The summed E-state index contributed by atoms with van der Waals surface area (Å²) in [5.74, 6) is -0.426. The number of halogens is 1. The molecule has 0 bridgehead atoms. The maximum absolute atomic E-state index is 12.9. The third-order valence-electron chi connectivity index (χ3n) is 6.32. The van der Waals surface area contributed by atoms with Gasteiger partial charge in [0.25, 0.3) is 5.91 Å². The number of likely N-dealkylation sites (tertiary alicyclic amines) is 1. The van der Waals surface area contributed by atoms with Crippen LogP contribution < -0.4 is 5.32 Å². The predicted octanol–water partition coefficient (Wildman–Crippen LogP) is 4.65. The van der Waals surface area contributed by atoms with Crippen LogP contribution in [0.3, 0.4) is 0 Å². The van der Waals surface area contributed by atoms with Crippen molar-refractivity contribution < 1.29 is 18.0 Å². The van der Waals surface area contributed by atoms with Gasteiger partial charge in [0.15, 0.2) is 0 Å². The summed E-state index contributed by atoms with van der Waals surface area (Å²) in [4.78, 5) is 27.4. The second-order valence-electron chi connectivity index (χ2n) is 8.83. The molecule has 0 aromatic heterocycles. The molecule has 36 heavy (non-hydrogen) atoms. The van der Waals surface area contributed by atoms with Crippen LogP contribution in [0.25, 0.3) is 0 Å². The van der Waals surface area contributed by atoms with Crippen molar-refractivity contribution in [3.63, 3.8) is 0 Å². The molecule has 188 valence electrons. The molecule has 3 aromatic carbocycles. The molecule has 2 amide bonds. The Morgan fingerprint density at radius 3 is 2.17 bits per heavy atom. The molecule has 3 aromatic rings. The highest BCUT2D eigenvalue weighted by Crippen LogP contribution is 2.23. The quantitative estimate of drug-likeness (QED) is 0.486. The first-order valence-corrected chi connectivity index (χ1v) is 13.5. The third kappa shape index (κ3) is 6.13. The van der Waals surface area contributed by atoms with E-state index in [4.69, 9.17) is 11.6 Å². The smallest absolute Gasteiger partial charge is 0.253 e. The molecule has 0 atom stereocenters. The van der Waals surface area contributed by atoms with Crippen molar-refractivity contribution in [1.29, 1.82) is 0 Å². The Hall–Kier alpha value is -3.20. The molecule has 0 saturated carbocycles. The number of anilines is 1. The number of nitrogens with zero attached hydrogens (tertiary/aromatic N) is 2. The van der Waals surface area contributed by atoms with Crippen LogP contribution in [0.4, 0.5) is 5.69 Å². The monoisotopic (exact) mass is 525 g/mol. The number of hydrogen-bond donors (Lipinski definition) is 1. The maximum atomic E-state index is 12.9. The third-order valence-corrected chi connectivity index (χ3v) is 8.39. The number of benzene rings is 3. The minimum absolute atomic E-state index is 0.0699. The van der Waals surface area contributed by atoms with Crippen molar-refractivity contribution >= 4 is 39.1 Å². The molecular formula is C27H28ClN3O4S. The summed E-state index contributed by atoms with van der Waals surface area (Å²) in [5, 5.41) is 3.45. The fraction of sp³-hybridized carbons (Fsp3) is 0.259. The Morgan fingerprint density at radius 1 is 0.944 bits per heavy atom. The fourth-order valence-electron chi connectivity index (χ4n) is 4.18. The van der Waals surface area contributed by atoms with E-state index in [0.717, 1.165) is 5.56 Å². The molecule has 1 aliphatic heterocycles. The van der Waals surface area contributed by atoms with E-state index in [1.54, 1.807) is 48.3 Å². The van der Waals surface area contributed by atoms with E-state index in [1.807, 2.05) is 30.3 Å². The van der Waals surface area contributed by atoms with Gasteiger partial charge in [0.05, 0.1) is 4.90 Å². The number of carbonyl (C=O) groups excluding carboxylic acids is 2. The van der Waals surface area contributed by atoms with Gasteiger partial charge in [-0.15, -0.1) is 0 Å². The number of rotatable bonds is 7. The summed E-state index contributed by atoms with van der Waals surface area (Å²) >= 11 is 5.90. The largest absolute Gasteiger partial charge is 0.339 e. The summed E-state index contributed by atoms with van der Waals surface area (Å²) in [5.41, 5.74) is 2.00. The van der Waals surface area contributed by atoms with Crippen LogP contribution >= 0.6 is 11.6 Å². The standard InChI is InChI=1S/C27H28ClN3O4S/c1-30(19-20-5-3-2-4-6-20)36(34,35)25-13-11-24(12-14-25)29-26(32)21-15-17-31(18-16-21)27(33)22-7-9-23(28)10-8-22/h2-14,21H,15-19H2,1H3,(H,29,32). The second-order valence-corrected chi connectivity index (χ2v) is 11.3. The van der Waals surface area contributed by atoms with E-state index in [2.05, 4.69) is 5.32 Å². The average molecular weight is 526 g/mol. The van der Waals surface area contributed by atoms with E-state index in [-0.39, 0.29) is 29.2 Å². The summed E-state index contributed by atoms with van der Waals surface area (Å²) in [6, 6.07) is 22.4. The zero-order valence-corrected chi connectivity index (χ0v) is 21.5. The number of sulfonamides is 1. The average Bonchev–Trinajstić information content (AvgIpc) is 2.89. The van der Waals surface area contributed by atoms with E-state index < -0.39 is 10.0 Å². The first kappa shape index (κ1) is 25.9. The van der Waals surface area contributed by atoms with Crippen molar-refractivity contribution in [2.75, 3.05) is 25.5 Å². The Balaban J connectivity index is 1.31. The first-order chi connectivity index (χ1) is 17.2. The van der Waals surface area contributed by atoms with E-state index in [0.29, 0.717) is 42.2 Å². The van der Waals surface area contributed by atoms with Crippen LogP contribution in [0.1, 0.15) is 28.8 Å². The van der Waals surface area contributed by atoms with Gasteiger partial charge in [-0.3, -0.25) is 9.59 Å². The van der Waals surface area contributed by atoms with Crippen LogP contribution in [0, 0.1) is 5.92 Å². The Morgan fingerprint density at radius 2 is 1.56 bits per heavy atom. The van der Waals surface area contributed by atoms with Crippen molar-refractivity contribution in [2.45, 2.75) is 24.3 Å². The first-order valence-electron chi connectivity index (χ1n) is 11.7. The highest BCUT2D eigenvalue weighted by atomic mass is 35.5. The lowest BCUT2D eigenvalue weighted by Gasteiger charge is -2.31. The number of hydrogen-bond acceptors (Lipinski definition) is 4. The van der Waals surface area contributed by atoms with Crippen molar-refractivity contribution in [3.8, 4) is 0 Å². The minimum atomic E-state index is -3.67. The van der Waals surface area contributed by atoms with Crippen molar-refractivity contribution in [2.24, 2.45) is 5.92 Å². The SMILES string of the molecule is CN(Cc1ccccc1)S(=O)(=O)c1ccc(NC(=O)C2CCN(C(=O)c3ccc(Cl)cc3)CC2)cc1. The normalized spacial score (nSPS) is 14.6. The predicted molar refractivity (Wildman–Crippen MR) is 140 cm³/mol. The summed E-state index contributed by atoms with van der Waals surface area (Å²) in [6.07, 6.45) is 1.11. The Bertz CT molecular complexity index is 1310. The van der Waals surface area contributed by atoms with Gasteiger partial charge in [-0.1, -0.05) is 41.9 Å². The van der Waals surface area contributed by atoms with Crippen molar-refractivity contribution in [3.05, 3.63) is 95.0 Å². The molecule has 0 unspecified atom stereocenters. The highest BCUT2D eigenvalue weighted by molar-refractivity contribution is 7.89. The lowest BCUT2D eigenvalue weighted by atomic mass is 9.95. The number of carbonyl (C=O) groups is 2. The van der Waals surface area contributed by atoms with Gasteiger partial charge in [-0.2, -0.15) is 4.31 Å². The van der Waals surface area contributed by atoms with Crippen LogP contribution in [0.5, 0.6) is 0 Å². The highest BCUT2D eigenvalue weighted by Gasteiger charge is 2.28. The lowest BCUT2D eigenvalue weighted by molar-refractivity contribution is -0.121. The topological polar surface area (TPSA) is 86.8 Å². The number of piperidine rings is 1. The summed E-state index contributed by atoms with van der Waals surface area (Å²) in [6.45, 7) is 1.25. The van der Waals surface area contributed by atoms with Gasteiger partial charge in [-0.05, 0) is 66.9 Å². The van der Waals surface area contributed by atoms with Gasteiger partial charge in [0, 0.05) is 48.9 Å². The fourth-order valence-corrected chi connectivity index (χ4v) is 5.46. The summed E-state index contributed by atoms with van der Waals surface area (Å²) in [7, 11) is -2.12. The summed E-state index contributed by atoms with van der Waals surface area (Å²) < 4.78 is 27.1. The van der Waals surface area contributed by atoms with Crippen molar-refractivity contribution in [1.82, 2.24) is 9.21 Å². The maximum Gasteiger partial charge on any atom is 0.253 e. The van der Waals surface area contributed by atoms with E-state index in [1.165, 1.54) is 16.4 Å². The van der Waals surface area contributed by atoms with Gasteiger partial charge in [-0.25, -0.2) is 8.42 Å². The molecule has 1 saturated heterocycles. The molecule has 0 spiro atoms. The molecule has 0 radical (unpaired) electrons. The van der Waals surface area contributed by atoms with Gasteiger partial charge in [0.2, 0.25) is 15.9 Å². The lowest BCUT2D eigenvalue weighted by Crippen LogP contribution is -2.41. The molecule has 1 N–H and O–H groups in total. The number of amides is 2. The Kier molecular flexibility index (Phi) is 8.08. The van der Waals surface area contributed by atoms with Gasteiger partial charge < -0.3 is 10.2 Å².